The number of fused-ring (bicyclic) bond motifs is 3. The van der Waals surface area contributed by atoms with Crippen molar-refractivity contribution >= 4 is 0 Å². The molecule has 3 aromatic rings. The van der Waals surface area contributed by atoms with Gasteiger partial charge in [0.1, 0.15) is 0 Å². The first kappa shape index (κ1) is 27.7. The Kier molecular flexibility index (Phi) is 8.03. The molecule has 3 aliphatic carbocycles. The van der Waals surface area contributed by atoms with Crippen LogP contribution in [0.3, 0.4) is 0 Å². The number of ether oxygens (including phenoxy) is 6. The molecule has 1 aliphatic heterocycles. The highest BCUT2D eigenvalue weighted by atomic mass is 16.6. The molecule has 0 unspecified atom stereocenters. The molecule has 0 amide bonds. The summed E-state index contributed by atoms with van der Waals surface area (Å²) in [5.41, 5.74) is 3.12. The van der Waals surface area contributed by atoms with Crippen molar-refractivity contribution in [3.8, 4) is 34.5 Å². The van der Waals surface area contributed by atoms with E-state index in [1.165, 1.54) is 0 Å². The van der Waals surface area contributed by atoms with Gasteiger partial charge in [-0.2, -0.15) is 0 Å². The van der Waals surface area contributed by atoms with Gasteiger partial charge in [-0.1, -0.05) is 72.9 Å². The third kappa shape index (κ3) is 6.47. The molecule has 0 saturated heterocycles. The fourth-order valence-corrected chi connectivity index (χ4v) is 4.75. The fourth-order valence-electron chi connectivity index (χ4n) is 4.75. The molecule has 6 heteroatoms. The van der Waals surface area contributed by atoms with Crippen molar-refractivity contribution < 1.29 is 28.4 Å². The second kappa shape index (κ2) is 13.0. The molecule has 6 nitrogen and oxygen atoms in total. The smallest absolute Gasteiger partial charge is 0.177 e. The minimum atomic E-state index is 0.442. The number of rotatable bonds is 0. The summed E-state index contributed by atoms with van der Waals surface area (Å²) in [6.07, 6.45) is 23.9. The molecule has 3 aromatic carbocycles. The predicted octanol–water partition coefficient (Wildman–Crippen LogP) is 9.67. The Morgan fingerprint density at radius 1 is 0.422 bits per heavy atom. The van der Waals surface area contributed by atoms with Crippen molar-refractivity contribution in [1.82, 2.24) is 0 Å². The zero-order valence-corrected chi connectivity index (χ0v) is 24.2. The first-order chi connectivity index (χ1) is 22.3. The van der Waals surface area contributed by atoms with Crippen LogP contribution in [0.1, 0.15) is 12.8 Å². The lowest BCUT2D eigenvalue weighted by molar-refractivity contribution is 0.268. The highest BCUT2D eigenvalue weighted by molar-refractivity contribution is 5.51. The summed E-state index contributed by atoms with van der Waals surface area (Å²) in [6.45, 7) is 0. The van der Waals surface area contributed by atoms with E-state index in [0.717, 1.165) is 6.42 Å². The summed E-state index contributed by atoms with van der Waals surface area (Å²) < 4.78 is 39.0. The minimum absolute atomic E-state index is 0.442. The summed E-state index contributed by atoms with van der Waals surface area (Å²) in [4.78, 5) is 0. The maximum Gasteiger partial charge on any atom is 0.177 e. The molecule has 220 valence electrons. The van der Waals surface area contributed by atoms with Gasteiger partial charge in [0, 0.05) is 12.5 Å². The first-order valence-electron chi connectivity index (χ1n) is 14.6. The van der Waals surface area contributed by atoms with Crippen molar-refractivity contribution in [2.45, 2.75) is 12.8 Å². The Morgan fingerprint density at radius 2 is 0.933 bits per heavy atom. The Morgan fingerprint density at radius 3 is 1.53 bits per heavy atom. The van der Waals surface area contributed by atoms with Crippen LogP contribution in [0.15, 0.2) is 186 Å². The van der Waals surface area contributed by atoms with Crippen LogP contribution in [0.5, 0.6) is 34.5 Å². The zero-order valence-electron chi connectivity index (χ0n) is 24.2. The van der Waals surface area contributed by atoms with Gasteiger partial charge in [-0.15, -0.1) is 5.73 Å². The van der Waals surface area contributed by atoms with Crippen LogP contribution < -0.4 is 23.7 Å². The lowest BCUT2D eigenvalue weighted by Crippen LogP contribution is -2.07. The number of hydrogen-bond acceptors (Lipinski definition) is 6. The van der Waals surface area contributed by atoms with E-state index in [1.807, 2.05) is 134 Å². The van der Waals surface area contributed by atoms with Crippen molar-refractivity contribution in [2.75, 3.05) is 0 Å². The van der Waals surface area contributed by atoms with Gasteiger partial charge in [0.05, 0.1) is 0 Å². The van der Waals surface area contributed by atoms with Gasteiger partial charge in [-0.3, -0.25) is 0 Å². The van der Waals surface area contributed by atoms with Crippen molar-refractivity contribution in [2.24, 2.45) is 0 Å². The summed E-state index contributed by atoms with van der Waals surface area (Å²) in [6, 6.07) is 22.4. The number of allylic oxidation sites excluding steroid dienone is 11. The molecule has 1 heterocycles. The van der Waals surface area contributed by atoms with E-state index >= 15 is 0 Å². The molecule has 7 rings (SSSR count). The predicted molar refractivity (Wildman–Crippen MR) is 172 cm³/mol. The minimum Gasteiger partial charge on any atom is -0.454 e. The number of benzene rings is 3. The Labute approximate surface area is 261 Å². The van der Waals surface area contributed by atoms with E-state index in [1.54, 1.807) is 12.2 Å². The maximum absolute atomic E-state index is 6.54. The van der Waals surface area contributed by atoms with Gasteiger partial charge in [-0.25, -0.2) is 0 Å². The molecule has 0 N–H and O–H groups in total. The summed E-state index contributed by atoms with van der Waals surface area (Å²) in [7, 11) is 0. The average molecular weight is 593 g/mol. The fraction of sp³-hybridized carbons (Fsp3) is 0.0513. The molecule has 0 aromatic heterocycles. The van der Waals surface area contributed by atoms with Crippen molar-refractivity contribution in [3.63, 3.8) is 0 Å². The SMILES string of the molecule is C1=CC=CC2=C(C=1)OC1=C(CC=CC=C1)Oc1ccccc1OC1=C(C=CCC=C1)Oc1ccccc1Oc1ccccc1O2. The molecular weight excluding hydrogens is 564 g/mol. The second-order valence-corrected chi connectivity index (χ2v) is 10.1. The van der Waals surface area contributed by atoms with Gasteiger partial charge in [-0.05, 0) is 73.2 Å². The molecule has 0 spiro atoms. The van der Waals surface area contributed by atoms with Crippen molar-refractivity contribution in [1.29, 1.82) is 0 Å². The highest BCUT2D eigenvalue weighted by Crippen LogP contribution is 2.40. The monoisotopic (exact) mass is 592 g/mol. The van der Waals surface area contributed by atoms with E-state index < -0.39 is 0 Å². The third-order valence-electron chi connectivity index (χ3n) is 6.90. The average Bonchev–Trinajstić information content (AvgIpc) is 3.52. The van der Waals surface area contributed by atoms with Crippen LogP contribution in [0.2, 0.25) is 0 Å². The van der Waals surface area contributed by atoms with Gasteiger partial charge >= 0.3 is 0 Å². The van der Waals surface area contributed by atoms with E-state index in [0.29, 0.717) is 75.5 Å². The molecule has 0 bridgehead atoms. The quantitative estimate of drug-likeness (QED) is 0.242. The van der Waals surface area contributed by atoms with E-state index in [9.17, 15) is 0 Å². The normalized spacial score (nSPS) is 17.0. The lowest BCUT2D eigenvalue weighted by Gasteiger charge is -2.20. The molecule has 0 saturated carbocycles. The van der Waals surface area contributed by atoms with Crippen LogP contribution in [-0.4, -0.2) is 0 Å². The van der Waals surface area contributed by atoms with Crippen LogP contribution in [0, 0.1) is 0 Å². The molecule has 4 aliphatic rings. The molecule has 0 atom stereocenters. The van der Waals surface area contributed by atoms with Crippen LogP contribution in [0.4, 0.5) is 0 Å². The Bertz CT molecular complexity index is 1940. The maximum atomic E-state index is 6.54. The summed E-state index contributed by atoms with van der Waals surface area (Å²) in [5, 5.41) is 0. The van der Waals surface area contributed by atoms with E-state index in [2.05, 4.69) is 5.73 Å². The molecule has 45 heavy (non-hydrogen) atoms. The van der Waals surface area contributed by atoms with Crippen LogP contribution in [0.25, 0.3) is 0 Å². The molecule has 0 fully saturated rings. The highest BCUT2D eigenvalue weighted by Gasteiger charge is 2.20. The summed E-state index contributed by atoms with van der Waals surface area (Å²) in [5.74, 6) is 6.06. The van der Waals surface area contributed by atoms with Gasteiger partial charge in [0.25, 0.3) is 0 Å². The largest absolute Gasteiger partial charge is 0.454 e. The Balaban J connectivity index is 1.41. The first-order valence-corrected chi connectivity index (χ1v) is 14.6. The summed E-state index contributed by atoms with van der Waals surface area (Å²) >= 11 is 0. The molecule has 0 radical (unpaired) electrons. The standard InChI is InChI=1S/C39H28O6/c1-4-16-28-30(18-6-1)41-34-22-10-11-23-35(34)43-32-20-8-3-9-21-33(32)44-37-25-13-15-27-39(37)45-38-26-14-12-24-36(38)42-31-19-7-2-5-17-29(31)40-28/h1-2,4,6-17,19-27H,3,18H2. The lowest BCUT2D eigenvalue weighted by atomic mass is 10.2. The molecular formula is C39H28O6. The van der Waals surface area contributed by atoms with Gasteiger partial charge < -0.3 is 28.4 Å². The van der Waals surface area contributed by atoms with Gasteiger partial charge in [0.2, 0.25) is 0 Å². The topological polar surface area (TPSA) is 55.4 Å². The van der Waals surface area contributed by atoms with Crippen molar-refractivity contribution in [3.05, 3.63) is 186 Å². The van der Waals surface area contributed by atoms with E-state index in [-0.39, 0.29) is 0 Å². The third-order valence-corrected chi connectivity index (χ3v) is 6.90. The van der Waals surface area contributed by atoms with Gasteiger partial charge in [0.15, 0.2) is 69.1 Å². The van der Waals surface area contributed by atoms with Crippen LogP contribution >= 0.6 is 0 Å². The second-order valence-electron chi connectivity index (χ2n) is 10.1. The number of para-hydroxylation sites is 6. The van der Waals surface area contributed by atoms with Crippen LogP contribution in [-0.2, 0) is 4.74 Å². The van der Waals surface area contributed by atoms with E-state index in [4.69, 9.17) is 28.4 Å². The zero-order chi connectivity index (χ0) is 30.3. The number of hydrogen-bond donors (Lipinski definition) is 0. The Hall–Kier alpha value is -6.10.